The van der Waals surface area contributed by atoms with Gasteiger partial charge in [0.1, 0.15) is 5.52 Å². The lowest BCUT2D eigenvalue weighted by Gasteiger charge is -2.21. The Labute approximate surface area is 216 Å². The third-order valence-corrected chi connectivity index (χ3v) is 6.73. The van der Waals surface area contributed by atoms with Gasteiger partial charge in [0.05, 0.1) is 29.1 Å². The summed E-state index contributed by atoms with van der Waals surface area (Å²) in [4.78, 5) is 29.5. The lowest BCUT2D eigenvalue weighted by molar-refractivity contribution is 0.0954. The highest BCUT2D eigenvalue weighted by atomic mass is 16.1. The van der Waals surface area contributed by atoms with Crippen LogP contribution in [0.5, 0.6) is 0 Å². The molecule has 1 atom stereocenters. The number of unbranched alkanes of at least 4 members (excludes halogenated alkanes) is 1. The Morgan fingerprint density at radius 1 is 0.973 bits per heavy atom. The molecule has 3 aromatic heterocycles. The molecule has 5 aromatic rings. The van der Waals surface area contributed by atoms with Crippen LogP contribution in [-0.4, -0.2) is 38.9 Å². The van der Waals surface area contributed by atoms with Crippen LogP contribution in [0.2, 0.25) is 0 Å². The number of H-pyrrole nitrogens is 1. The molecule has 1 unspecified atom stereocenters. The number of imidazole rings is 1. The van der Waals surface area contributed by atoms with Crippen molar-refractivity contribution in [2.24, 2.45) is 0 Å². The zero-order valence-corrected chi connectivity index (χ0v) is 21.3. The number of amides is 1. The third-order valence-electron chi connectivity index (χ3n) is 6.73. The molecular formula is C30H32N6O. The molecule has 2 aromatic carbocycles. The molecule has 3 N–H and O–H groups in total. The largest absolute Gasteiger partial charge is 0.352 e. The second-order valence-electron chi connectivity index (χ2n) is 9.47. The van der Waals surface area contributed by atoms with Gasteiger partial charge < -0.3 is 15.6 Å². The van der Waals surface area contributed by atoms with Crippen molar-refractivity contribution in [2.75, 3.05) is 13.1 Å². The quantitative estimate of drug-likeness (QED) is 0.233. The van der Waals surface area contributed by atoms with E-state index in [2.05, 4.69) is 70.8 Å². The first-order valence-corrected chi connectivity index (χ1v) is 12.8. The van der Waals surface area contributed by atoms with E-state index in [1.165, 1.54) is 16.5 Å². The first kappa shape index (κ1) is 24.6. The number of aromatic amines is 1. The van der Waals surface area contributed by atoms with Gasteiger partial charge in [0.15, 0.2) is 0 Å². The summed E-state index contributed by atoms with van der Waals surface area (Å²) in [5.74, 6) is -0.0931. The number of carbonyl (C=O) groups excluding carboxylic acids is 1. The Morgan fingerprint density at radius 3 is 2.73 bits per heavy atom. The van der Waals surface area contributed by atoms with Crippen LogP contribution in [0.1, 0.15) is 51.8 Å². The summed E-state index contributed by atoms with van der Waals surface area (Å²) in [6.07, 6.45) is 7.99. The number of nitrogens with zero attached hydrogens (tertiary/aromatic N) is 3. The Hall–Kier alpha value is -4.10. The number of rotatable bonds is 10. The van der Waals surface area contributed by atoms with Gasteiger partial charge in [-0.05, 0) is 67.9 Å². The summed E-state index contributed by atoms with van der Waals surface area (Å²) in [5.41, 5.74) is 6.65. The van der Waals surface area contributed by atoms with E-state index in [9.17, 15) is 4.79 Å². The van der Waals surface area contributed by atoms with E-state index in [0.717, 1.165) is 48.1 Å². The van der Waals surface area contributed by atoms with Crippen LogP contribution in [0.25, 0.3) is 21.8 Å². The number of fused-ring (bicyclic) bond motifs is 2. The Kier molecular flexibility index (Phi) is 7.51. The Bertz CT molecular complexity index is 1520. The molecule has 7 heteroatoms. The van der Waals surface area contributed by atoms with Crippen molar-refractivity contribution in [2.45, 2.75) is 39.2 Å². The van der Waals surface area contributed by atoms with Crippen LogP contribution in [0.4, 0.5) is 0 Å². The maximum absolute atomic E-state index is 12.7. The monoisotopic (exact) mass is 492 g/mol. The highest BCUT2D eigenvalue weighted by Gasteiger charge is 2.18. The van der Waals surface area contributed by atoms with Gasteiger partial charge >= 0.3 is 0 Å². The number of hydrogen-bond donors (Lipinski definition) is 3. The third kappa shape index (κ3) is 5.67. The molecule has 3 heterocycles. The van der Waals surface area contributed by atoms with Gasteiger partial charge in [-0.2, -0.15) is 0 Å². The maximum Gasteiger partial charge on any atom is 0.253 e. The van der Waals surface area contributed by atoms with E-state index in [1.807, 2.05) is 30.6 Å². The van der Waals surface area contributed by atoms with Gasteiger partial charge in [-0.25, -0.2) is 4.98 Å². The molecule has 7 nitrogen and oxygen atoms in total. The van der Waals surface area contributed by atoms with Crippen molar-refractivity contribution >= 4 is 27.7 Å². The van der Waals surface area contributed by atoms with E-state index in [-0.39, 0.29) is 11.9 Å². The van der Waals surface area contributed by atoms with E-state index < -0.39 is 0 Å². The molecule has 37 heavy (non-hydrogen) atoms. The Balaban J connectivity index is 1.22. The normalized spacial score (nSPS) is 12.2. The minimum absolute atomic E-state index is 0.0341. The number of para-hydroxylation sites is 1. The summed E-state index contributed by atoms with van der Waals surface area (Å²) in [6.45, 7) is 5.61. The predicted octanol–water partition coefficient (Wildman–Crippen LogP) is 5.21. The molecule has 0 aliphatic rings. The fourth-order valence-corrected chi connectivity index (χ4v) is 4.81. The average Bonchev–Trinajstić information content (AvgIpc) is 3.40. The fraction of sp³-hybridized carbons (Fsp3) is 0.267. The second-order valence-corrected chi connectivity index (χ2v) is 9.47. The number of aryl methyl sites for hydroxylation is 2. The van der Waals surface area contributed by atoms with Crippen molar-refractivity contribution < 1.29 is 4.79 Å². The zero-order chi connectivity index (χ0) is 25.6. The van der Waals surface area contributed by atoms with Crippen molar-refractivity contribution in [3.8, 4) is 0 Å². The van der Waals surface area contributed by atoms with Crippen LogP contribution in [-0.2, 0) is 6.42 Å². The standard InChI is InChI=1S/C30H32N6O/c1-20-16-21(2)26(34-18-20)17-27(28-23-9-4-3-8-22(23)12-15-32-28)31-13-5-6-14-33-30(37)24-10-7-11-25-29(24)36-19-35-25/h3-4,7-12,15-16,18-19,27,31H,5-6,13-14,17H2,1-2H3,(H,33,37)(H,35,36). The molecule has 0 aliphatic carbocycles. The molecular weight excluding hydrogens is 460 g/mol. The SMILES string of the molecule is Cc1cnc(CC(NCCCCNC(=O)c2cccc3[nH]cnc23)c2nccc3ccccc23)c(C)c1. The number of pyridine rings is 2. The van der Waals surface area contributed by atoms with Gasteiger partial charge in [0, 0.05) is 36.4 Å². The highest BCUT2D eigenvalue weighted by Crippen LogP contribution is 2.25. The number of nitrogens with one attached hydrogen (secondary N) is 3. The molecule has 0 spiro atoms. The molecule has 0 bridgehead atoms. The van der Waals surface area contributed by atoms with Gasteiger partial charge in [-0.1, -0.05) is 36.4 Å². The fourth-order valence-electron chi connectivity index (χ4n) is 4.81. The first-order valence-electron chi connectivity index (χ1n) is 12.8. The minimum atomic E-state index is -0.0931. The average molecular weight is 493 g/mol. The molecule has 1 amide bonds. The van der Waals surface area contributed by atoms with Gasteiger partial charge in [0.25, 0.3) is 5.91 Å². The number of aromatic nitrogens is 4. The van der Waals surface area contributed by atoms with E-state index in [1.54, 1.807) is 6.33 Å². The lowest BCUT2D eigenvalue weighted by atomic mass is 9.98. The molecule has 0 radical (unpaired) electrons. The molecule has 188 valence electrons. The summed E-state index contributed by atoms with van der Waals surface area (Å²) in [6, 6.07) is 18.2. The van der Waals surface area contributed by atoms with Gasteiger partial charge in [-0.15, -0.1) is 0 Å². The van der Waals surface area contributed by atoms with Crippen molar-refractivity contribution in [1.29, 1.82) is 0 Å². The summed E-state index contributed by atoms with van der Waals surface area (Å²) < 4.78 is 0. The highest BCUT2D eigenvalue weighted by molar-refractivity contribution is 6.04. The van der Waals surface area contributed by atoms with Crippen LogP contribution >= 0.6 is 0 Å². The first-order chi connectivity index (χ1) is 18.1. The van der Waals surface area contributed by atoms with Gasteiger partial charge in [-0.3, -0.25) is 14.8 Å². The van der Waals surface area contributed by atoms with E-state index in [0.29, 0.717) is 17.6 Å². The second kappa shape index (κ2) is 11.3. The van der Waals surface area contributed by atoms with Gasteiger partial charge in [0.2, 0.25) is 0 Å². The van der Waals surface area contributed by atoms with Crippen LogP contribution < -0.4 is 10.6 Å². The molecule has 0 aliphatic heterocycles. The zero-order valence-electron chi connectivity index (χ0n) is 21.3. The maximum atomic E-state index is 12.7. The molecule has 0 saturated heterocycles. The van der Waals surface area contributed by atoms with Crippen molar-refractivity contribution in [1.82, 2.24) is 30.6 Å². The number of hydrogen-bond acceptors (Lipinski definition) is 5. The summed E-state index contributed by atoms with van der Waals surface area (Å²) in [5, 5.41) is 9.11. The molecule has 0 saturated carbocycles. The van der Waals surface area contributed by atoms with Crippen LogP contribution in [0.3, 0.4) is 0 Å². The lowest BCUT2D eigenvalue weighted by Crippen LogP contribution is -2.28. The minimum Gasteiger partial charge on any atom is -0.352 e. The van der Waals surface area contributed by atoms with Crippen LogP contribution in [0.15, 0.2) is 73.3 Å². The topological polar surface area (TPSA) is 95.6 Å². The molecule has 5 rings (SSSR count). The van der Waals surface area contributed by atoms with Crippen molar-refractivity contribution in [3.05, 3.63) is 101 Å². The van der Waals surface area contributed by atoms with Crippen LogP contribution in [0, 0.1) is 13.8 Å². The number of benzene rings is 2. The summed E-state index contributed by atoms with van der Waals surface area (Å²) >= 11 is 0. The summed E-state index contributed by atoms with van der Waals surface area (Å²) in [7, 11) is 0. The Morgan fingerprint density at radius 2 is 1.84 bits per heavy atom. The smallest absolute Gasteiger partial charge is 0.253 e. The predicted molar refractivity (Wildman–Crippen MR) is 148 cm³/mol. The van der Waals surface area contributed by atoms with Crippen molar-refractivity contribution in [3.63, 3.8) is 0 Å². The van der Waals surface area contributed by atoms with E-state index in [4.69, 9.17) is 9.97 Å². The molecule has 0 fully saturated rings. The number of carbonyl (C=O) groups is 1. The van der Waals surface area contributed by atoms with E-state index >= 15 is 0 Å².